The van der Waals surface area contributed by atoms with Crippen LogP contribution in [0.2, 0.25) is 0 Å². The van der Waals surface area contributed by atoms with Crippen LogP contribution in [-0.4, -0.2) is 6.04 Å². The Balaban J connectivity index is 2.22. The smallest absolute Gasteiger partial charge is 0.148 e. The molecule has 0 aliphatic carbocycles. The Bertz CT molecular complexity index is 529. The summed E-state index contributed by atoms with van der Waals surface area (Å²) in [6.45, 7) is 1.96. The lowest BCUT2D eigenvalue weighted by Gasteiger charge is -2.21. The van der Waals surface area contributed by atoms with Gasteiger partial charge in [-0.2, -0.15) is 0 Å². The van der Waals surface area contributed by atoms with E-state index >= 15 is 0 Å². The van der Waals surface area contributed by atoms with Gasteiger partial charge in [-0.1, -0.05) is 6.07 Å². The van der Waals surface area contributed by atoms with E-state index in [-0.39, 0.29) is 12.1 Å². The van der Waals surface area contributed by atoms with E-state index in [2.05, 4.69) is 44.6 Å². The van der Waals surface area contributed by atoms with Gasteiger partial charge < -0.3 is 10.5 Å². The van der Waals surface area contributed by atoms with Gasteiger partial charge in [0.25, 0.3) is 0 Å². The molecule has 1 aromatic heterocycles. The second-order valence-electron chi connectivity index (χ2n) is 4.02. The SMILES string of the molecule is CC(N)C(Oc1cccc(I)c1)c1cc(Br)cs1. The van der Waals surface area contributed by atoms with Crippen LogP contribution in [0.1, 0.15) is 17.9 Å². The summed E-state index contributed by atoms with van der Waals surface area (Å²) in [4.78, 5) is 1.13. The first kappa shape index (κ1) is 14.3. The van der Waals surface area contributed by atoms with E-state index in [4.69, 9.17) is 10.5 Å². The predicted molar refractivity (Wildman–Crippen MR) is 88.2 cm³/mol. The van der Waals surface area contributed by atoms with Gasteiger partial charge in [0.2, 0.25) is 0 Å². The summed E-state index contributed by atoms with van der Waals surface area (Å²) in [5, 5.41) is 2.04. The number of halogens is 2. The predicted octanol–water partition coefficient (Wildman–Crippen LogP) is 4.58. The van der Waals surface area contributed by atoms with Gasteiger partial charge in [0.15, 0.2) is 0 Å². The molecule has 0 saturated carbocycles. The van der Waals surface area contributed by atoms with E-state index in [1.165, 1.54) is 0 Å². The Kier molecular flexibility index (Phi) is 5.06. The molecular formula is C13H13BrINOS. The Labute approximate surface area is 133 Å². The molecule has 2 atom stereocenters. The third kappa shape index (κ3) is 3.69. The molecule has 0 fully saturated rings. The zero-order chi connectivity index (χ0) is 13.1. The highest BCUT2D eigenvalue weighted by Crippen LogP contribution is 2.31. The van der Waals surface area contributed by atoms with Gasteiger partial charge in [-0.05, 0) is 69.7 Å². The molecule has 1 heterocycles. The molecule has 2 rings (SSSR count). The summed E-state index contributed by atoms with van der Waals surface area (Å²) in [5.41, 5.74) is 6.03. The summed E-state index contributed by atoms with van der Waals surface area (Å²) in [7, 11) is 0. The van der Waals surface area contributed by atoms with E-state index in [1.54, 1.807) is 11.3 Å². The molecule has 2 nitrogen and oxygen atoms in total. The van der Waals surface area contributed by atoms with Crippen LogP contribution in [0.5, 0.6) is 5.75 Å². The topological polar surface area (TPSA) is 35.2 Å². The number of nitrogens with two attached hydrogens (primary N) is 1. The highest BCUT2D eigenvalue weighted by molar-refractivity contribution is 14.1. The molecular weight excluding hydrogens is 425 g/mol. The van der Waals surface area contributed by atoms with Crippen molar-refractivity contribution in [1.29, 1.82) is 0 Å². The summed E-state index contributed by atoms with van der Waals surface area (Å²) < 4.78 is 8.24. The molecule has 2 unspecified atom stereocenters. The molecule has 0 radical (unpaired) electrons. The van der Waals surface area contributed by atoms with E-state index in [0.717, 1.165) is 18.7 Å². The maximum absolute atomic E-state index is 6.03. The van der Waals surface area contributed by atoms with Crippen LogP contribution in [0, 0.1) is 3.57 Å². The van der Waals surface area contributed by atoms with Crippen molar-refractivity contribution < 1.29 is 4.74 Å². The molecule has 0 spiro atoms. The van der Waals surface area contributed by atoms with Crippen LogP contribution in [0.25, 0.3) is 0 Å². The average Bonchev–Trinajstić information content (AvgIpc) is 2.72. The molecule has 0 amide bonds. The molecule has 0 bridgehead atoms. The van der Waals surface area contributed by atoms with Crippen molar-refractivity contribution in [3.8, 4) is 5.75 Å². The quantitative estimate of drug-likeness (QED) is 0.710. The number of ether oxygens (including phenoxy) is 1. The van der Waals surface area contributed by atoms with Crippen molar-refractivity contribution >= 4 is 49.9 Å². The molecule has 1 aromatic carbocycles. The fraction of sp³-hybridized carbons (Fsp3) is 0.231. The minimum Gasteiger partial charge on any atom is -0.483 e. The largest absolute Gasteiger partial charge is 0.483 e. The lowest BCUT2D eigenvalue weighted by Crippen LogP contribution is -2.28. The fourth-order valence-corrected chi connectivity index (χ4v) is 3.69. The summed E-state index contributed by atoms with van der Waals surface area (Å²) in [5.74, 6) is 0.855. The van der Waals surface area contributed by atoms with Crippen molar-refractivity contribution in [1.82, 2.24) is 0 Å². The van der Waals surface area contributed by atoms with Gasteiger partial charge in [-0.25, -0.2) is 0 Å². The van der Waals surface area contributed by atoms with Gasteiger partial charge in [0.05, 0.1) is 0 Å². The molecule has 18 heavy (non-hydrogen) atoms. The zero-order valence-corrected chi connectivity index (χ0v) is 14.3. The number of rotatable bonds is 4. The molecule has 0 saturated heterocycles. The van der Waals surface area contributed by atoms with Crippen LogP contribution >= 0.6 is 49.9 Å². The molecule has 0 aliphatic heterocycles. The number of hydrogen-bond acceptors (Lipinski definition) is 3. The van der Waals surface area contributed by atoms with E-state index in [9.17, 15) is 0 Å². The first-order valence-corrected chi connectivity index (χ1v) is 8.23. The normalized spacial score (nSPS) is 14.2. The van der Waals surface area contributed by atoms with Gasteiger partial charge >= 0.3 is 0 Å². The van der Waals surface area contributed by atoms with Crippen LogP contribution in [0.4, 0.5) is 0 Å². The van der Waals surface area contributed by atoms with Crippen LogP contribution in [-0.2, 0) is 0 Å². The van der Waals surface area contributed by atoms with Crippen LogP contribution < -0.4 is 10.5 Å². The van der Waals surface area contributed by atoms with Crippen molar-refractivity contribution in [3.63, 3.8) is 0 Å². The highest BCUT2D eigenvalue weighted by atomic mass is 127. The third-order valence-electron chi connectivity index (χ3n) is 2.40. The molecule has 2 N–H and O–H groups in total. The minimum atomic E-state index is -0.112. The zero-order valence-electron chi connectivity index (χ0n) is 9.77. The van der Waals surface area contributed by atoms with E-state index in [0.29, 0.717) is 0 Å². The average molecular weight is 438 g/mol. The minimum absolute atomic E-state index is 0.0617. The summed E-state index contributed by atoms with van der Waals surface area (Å²) >= 11 is 7.39. The first-order chi connectivity index (χ1) is 8.56. The Morgan fingerprint density at radius 1 is 1.39 bits per heavy atom. The standard InChI is InChI=1S/C13H13BrINOS/c1-8(16)13(12-5-9(14)7-18-12)17-11-4-2-3-10(15)6-11/h2-8,13H,16H2,1H3. The highest BCUT2D eigenvalue weighted by Gasteiger charge is 2.20. The Hall–Kier alpha value is -0.110. The lowest BCUT2D eigenvalue weighted by atomic mass is 10.1. The van der Waals surface area contributed by atoms with Gasteiger partial charge in [0.1, 0.15) is 11.9 Å². The van der Waals surface area contributed by atoms with Crippen molar-refractivity contribution in [3.05, 3.63) is 48.6 Å². The van der Waals surface area contributed by atoms with Gasteiger partial charge in [-0.15, -0.1) is 11.3 Å². The second-order valence-corrected chi connectivity index (χ2v) is 7.13. The van der Waals surface area contributed by atoms with Gasteiger partial charge in [0, 0.05) is 24.3 Å². The molecule has 2 aromatic rings. The molecule has 96 valence electrons. The van der Waals surface area contributed by atoms with Gasteiger partial charge in [-0.3, -0.25) is 0 Å². The van der Waals surface area contributed by atoms with E-state index in [1.807, 2.05) is 36.6 Å². The number of benzene rings is 1. The maximum Gasteiger partial charge on any atom is 0.148 e. The summed E-state index contributed by atoms with van der Waals surface area (Å²) in [6.07, 6.45) is -0.112. The lowest BCUT2D eigenvalue weighted by molar-refractivity contribution is 0.184. The van der Waals surface area contributed by atoms with Crippen LogP contribution in [0.15, 0.2) is 40.2 Å². The molecule has 5 heteroatoms. The van der Waals surface area contributed by atoms with E-state index < -0.39 is 0 Å². The first-order valence-electron chi connectivity index (χ1n) is 5.48. The summed E-state index contributed by atoms with van der Waals surface area (Å²) in [6, 6.07) is 10.00. The Morgan fingerprint density at radius 3 is 2.72 bits per heavy atom. The van der Waals surface area contributed by atoms with Crippen molar-refractivity contribution in [2.75, 3.05) is 0 Å². The van der Waals surface area contributed by atoms with Crippen molar-refractivity contribution in [2.45, 2.75) is 19.1 Å². The third-order valence-corrected chi connectivity index (χ3v) is 4.83. The van der Waals surface area contributed by atoms with Crippen LogP contribution in [0.3, 0.4) is 0 Å². The second kappa shape index (κ2) is 6.36. The molecule has 0 aliphatic rings. The monoisotopic (exact) mass is 437 g/mol. The maximum atomic E-state index is 6.03. The number of hydrogen-bond donors (Lipinski definition) is 1. The Morgan fingerprint density at radius 2 is 2.17 bits per heavy atom. The van der Waals surface area contributed by atoms with Crippen molar-refractivity contribution in [2.24, 2.45) is 5.73 Å². The fourth-order valence-electron chi connectivity index (χ4n) is 1.59. The number of thiophene rings is 1.